The minimum atomic E-state index is -6.34. The van der Waals surface area contributed by atoms with Gasteiger partial charge in [-0.1, -0.05) is 6.42 Å². The molecule has 21 heavy (non-hydrogen) atoms. The Morgan fingerprint density at radius 2 is 1.52 bits per heavy atom. The van der Waals surface area contributed by atoms with Crippen molar-refractivity contribution in [3.05, 3.63) is 11.8 Å². The van der Waals surface area contributed by atoms with E-state index in [1.807, 2.05) is 0 Å². The molecule has 0 amide bonds. The molecule has 0 atom stereocenters. The van der Waals surface area contributed by atoms with Crippen LogP contribution in [0.2, 0.25) is 0 Å². The van der Waals surface area contributed by atoms with Gasteiger partial charge in [-0.3, -0.25) is 4.99 Å². The van der Waals surface area contributed by atoms with Crippen LogP contribution in [0.25, 0.3) is 0 Å². The standard InChI is InChI=1S/C12H13F7N2/c13-10(14,11(15,16)12(17,18)19)8-4-7-20-9(21-8)5-2-1-3-6-9/h4,7,21H,1-3,5-6H2. The number of nitrogens with zero attached hydrogens (tertiary/aromatic N) is 1. The zero-order chi connectivity index (χ0) is 15.9. The van der Waals surface area contributed by atoms with Crippen molar-refractivity contribution in [3.63, 3.8) is 0 Å². The van der Waals surface area contributed by atoms with E-state index in [1.165, 1.54) is 0 Å². The highest BCUT2D eigenvalue weighted by molar-refractivity contribution is 5.74. The molecule has 2 rings (SSSR count). The van der Waals surface area contributed by atoms with Gasteiger partial charge in [-0.05, 0) is 31.8 Å². The summed E-state index contributed by atoms with van der Waals surface area (Å²) in [5.41, 5.74) is -2.64. The number of hydrogen-bond donors (Lipinski definition) is 1. The lowest BCUT2D eigenvalue weighted by molar-refractivity contribution is -0.345. The predicted octanol–water partition coefficient (Wildman–Crippen LogP) is 4.04. The number of rotatable bonds is 2. The quantitative estimate of drug-likeness (QED) is 0.764. The van der Waals surface area contributed by atoms with Crippen LogP contribution in [-0.4, -0.2) is 29.9 Å². The molecular weight excluding hydrogens is 305 g/mol. The van der Waals surface area contributed by atoms with Gasteiger partial charge in [0.05, 0.1) is 5.70 Å². The first kappa shape index (κ1) is 16.1. The van der Waals surface area contributed by atoms with Crippen molar-refractivity contribution in [3.8, 4) is 0 Å². The van der Waals surface area contributed by atoms with E-state index in [9.17, 15) is 30.7 Å². The van der Waals surface area contributed by atoms with Crippen molar-refractivity contribution in [2.24, 2.45) is 4.99 Å². The number of hydrogen-bond acceptors (Lipinski definition) is 2. The van der Waals surface area contributed by atoms with E-state index in [0.29, 0.717) is 31.8 Å². The maximum atomic E-state index is 13.7. The van der Waals surface area contributed by atoms with Crippen LogP contribution in [0, 0.1) is 0 Å². The molecule has 1 heterocycles. The van der Waals surface area contributed by atoms with Crippen LogP contribution in [0.3, 0.4) is 0 Å². The fraction of sp³-hybridized carbons (Fsp3) is 0.750. The van der Waals surface area contributed by atoms with Crippen molar-refractivity contribution in [1.82, 2.24) is 5.32 Å². The minimum Gasteiger partial charge on any atom is -0.360 e. The average molecular weight is 318 g/mol. The zero-order valence-corrected chi connectivity index (χ0v) is 10.8. The largest absolute Gasteiger partial charge is 0.460 e. The summed E-state index contributed by atoms with van der Waals surface area (Å²) >= 11 is 0. The zero-order valence-electron chi connectivity index (χ0n) is 10.8. The number of nitrogens with one attached hydrogen (secondary N) is 1. The summed E-state index contributed by atoms with van der Waals surface area (Å²) in [7, 11) is 0. The second-order valence-corrected chi connectivity index (χ2v) is 5.22. The second kappa shape index (κ2) is 4.88. The first-order valence-corrected chi connectivity index (χ1v) is 6.38. The summed E-state index contributed by atoms with van der Waals surface area (Å²) < 4.78 is 90.0. The topological polar surface area (TPSA) is 24.4 Å². The van der Waals surface area contributed by atoms with Gasteiger partial charge in [0.2, 0.25) is 0 Å². The molecular formula is C12H13F7N2. The van der Waals surface area contributed by atoms with Crippen LogP contribution in [0.15, 0.2) is 16.8 Å². The molecule has 1 aliphatic carbocycles. The van der Waals surface area contributed by atoms with Gasteiger partial charge in [-0.15, -0.1) is 0 Å². The number of aliphatic imine (C=N–C) groups is 1. The van der Waals surface area contributed by atoms with Gasteiger partial charge in [0.25, 0.3) is 0 Å². The van der Waals surface area contributed by atoms with Crippen LogP contribution >= 0.6 is 0 Å². The third-order valence-corrected chi connectivity index (χ3v) is 3.70. The normalized spacial score (nSPS) is 22.9. The van der Waals surface area contributed by atoms with Crippen LogP contribution in [-0.2, 0) is 0 Å². The Kier molecular flexibility index (Phi) is 3.74. The predicted molar refractivity (Wildman–Crippen MR) is 61.5 cm³/mol. The first-order chi connectivity index (χ1) is 9.52. The van der Waals surface area contributed by atoms with E-state index in [1.54, 1.807) is 0 Å². The molecule has 0 saturated heterocycles. The molecule has 0 aromatic rings. The highest BCUT2D eigenvalue weighted by Gasteiger charge is 2.74. The Labute approximate surface area is 116 Å². The van der Waals surface area contributed by atoms with Crippen molar-refractivity contribution in [1.29, 1.82) is 0 Å². The molecule has 1 saturated carbocycles. The van der Waals surface area contributed by atoms with E-state index in [2.05, 4.69) is 10.3 Å². The summed E-state index contributed by atoms with van der Waals surface area (Å²) in [6, 6.07) is 0. The minimum absolute atomic E-state index is 0.314. The molecule has 0 unspecified atom stereocenters. The monoisotopic (exact) mass is 318 g/mol. The van der Waals surface area contributed by atoms with Crippen molar-refractivity contribution in [2.75, 3.05) is 0 Å². The lowest BCUT2D eigenvalue weighted by atomic mass is 9.87. The maximum absolute atomic E-state index is 13.7. The number of allylic oxidation sites excluding steroid dienone is 2. The van der Waals surface area contributed by atoms with E-state index < -0.39 is 29.4 Å². The Bertz CT molecular complexity index is 459. The average Bonchev–Trinajstić information content (AvgIpc) is 2.38. The van der Waals surface area contributed by atoms with E-state index in [4.69, 9.17) is 0 Å². The van der Waals surface area contributed by atoms with Gasteiger partial charge < -0.3 is 5.32 Å². The lowest BCUT2D eigenvalue weighted by Gasteiger charge is -2.40. The summed E-state index contributed by atoms with van der Waals surface area (Å²) in [6.45, 7) is 0. The fourth-order valence-corrected chi connectivity index (χ4v) is 2.50. The van der Waals surface area contributed by atoms with Gasteiger partial charge >= 0.3 is 18.0 Å². The molecule has 1 fully saturated rings. The summed E-state index contributed by atoms with van der Waals surface area (Å²) in [5.74, 6) is -11.5. The molecule has 1 N–H and O–H groups in total. The van der Waals surface area contributed by atoms with Gasteiger partial charge in [0, 0.05) is 6.21 Å². The van der Waals surface area contributed by atoms with E-state index in [0.717, 1.165) is 12.6 Å². The highest BCUT2D eigenvalue weighted by atomic mass is 19.4. The molecule has 2 nitrogen and oxygen atoms in total. The van der Waals surface area contributed by atoms with Gasteiger partial charge in [-0.2, -0.15) is 30.7 Å². The van der Waals surface area contributed by atoms with E-state index >= 15 is 0 Å². The highest BCUT2D eigenvalue weighted by Crippen LogP contribution is 2.50. The van der Waals surface area contributed by atoms with Gasteiger partial charge in [0.1, 0.15) is 5.66 Å². The number of alkyl halides is 7. The Balaban J connectivity index is 2.29. The van der Waals surface area contributed by atoms with Crippen LogP contribution in [0.4, 0.5) is 30.7 Å². The Hall–Kier alpha value is -1.28. The van der Waals surface area contributed by atoms with Crippen molar-refractivity contribution in [2.45, 2.75) is 55.8 Å². The lowest BCUT2D eigenvalue weighted by Crippen LogP contribution is -2.59. The van der Waals surface area contributed by atoms with Crippen LogP contribution in [0.1, 0.15) is 32.1 Å². The van der Waals surface area contributed by atoms with Gasteiger partial charge in [-0.25, -0.2) is 0 Å². The smallest absolute Gasteiger partial charge is 0.360 e. The van der Waals surface area contributed by atoms with Crippen molar-refractivity contribution < 1.29 is 30.7 Å². The summed E-state index contributed by atoms with van der Waals surface area (Å²) in [5, 5.41) is 2.12. The van der Waals surface area contributed by atoms with E-state index in [-0.39, 0.29) is 0 Å². The third kappa shape index (κ3) is 2.62. The number of halogens is 7. The Morgan fingerprint density at radius 1 is 0.952 bits per heavy atom. The maximum Gasteiger partial charge on any atom is 0.460 e. The van der Waals surface area contributed by atoms with Gasteiger partial charge in [0.15, 0.2) is 0 Å². The first-order valence-electron chi connectivity index (χ1n) is 6.38. The molecule has 2 aliphatic rings. The second-order valence-electron chi connectivity index (χ2n) is 5.22. The molecule has 120 valence electrons. The molecule has 1 aliphatic heterocycles. The molecule has 0 radical (unpaired) electrons. The summed E-state index contributed by atoms with van der Waals surface area (Å²) in [4.78, 5) is 3.96. The fourth-order valence-electron chi connectivity index (χ4n) is 2.50. The SMILES string of the molecule is FC(F)(F)C(F)(F)C(F)(F)C1=CC=NC2(CCCCC2)N1. The molecule has 0 aromatic carbocycles. The van der Waals surface area contributed by atoms with Crippen molar-refractivity contribution >= 4 is 6.21 Å². The molecule has 0 aromatic heterocycles. The molecule has 1 spiro atoms. The summed E-state index contributed by atoms with van der Waals surface area (Å²) in [6.07, 6.45) is -2.25. The van der Waals surface area contributed by atoms with Crippen LogP contribution < -0.4 is 5.32 Å². The molecule has 0 bridgehead atoms. The Morgan fingerprint density at radius 3 is 2.05 bits per heavy atom. The van der Waals surface area contributed by atoms with Crippen LogP contribution in [0.5, 0.6) is 0 Å². The third-order valence-electron chi connectivity index (χ3n) is 3.70. The molecule has 9 heteroatoms.